The van der Waals surface area contributed by atoms with Gasteiger partial charge >= 0.3 is 15.2 Å². The summed E-state index contributed by atoms with van der Waals surface area (Å²) in [4.78, 5) is 34.1. The van der Waals surface area contributed by atoms with Crippen molar-refractivity contribution in [3.8, 4) is 0 Å². The van der Waals surface area contributed by atoms with Gasteiger partial charge in [0.1, 0.15) is 0 Å². The lowest BCUT2D eigenvalue weighted by Gasteiger charge is -2.04. The largest absolute Gasteiger partial charge is 0.325 e. The van der Waals surface area contributed by atoms with Crippen molar-refractivity contribution in [2.24, 2.45) is 0 Å². The highest BCUT2D eigenvalue weighted by Crippen LogP contribution is 2.36. The van der Waals surface area contributed by atoms with E-state index in [0.717, 1.165) is 0 Å². The van der Waals surface area contributed by atoms with Crippen LogP contribution in [0.2, 0.25) is 0 Å². The van der Waals surface area contributed by atoms with Crippen LogP contribution in [0, 0.1) is 0 Å². The third-order valence-electron chi connectivity index (χ3n) is 1.48. The van der Waals surface area contributed by atoms with Crippen molar-refractivity contribution in [2.45, 2.75) is 12.8 Å². The van der Waals surface area contributed by atoms with Crippen molar-refractivity contribution in [3.63, 3.8) is 0 Å². The highest BCUT2D eigenvalue weighted by Gasteiger charge is 2.12. The van der Waals surface area contributed by atoms with E-state index in [1.54, 1.807) is 0 Å². The van der Waals surface area contributed by atoms with Crippen LogP contribution in [0.25, 0.3) is 0 Å². The molecule has 0 amide bonds. The van der Waals surface area contributed by atoms with E-state index < -0.39 is 15.2 Å². The van der Waals surface area contributed by atoms with Gasteiger partial charge in [0.25, 0.3) is 0 Å². The normalized spacial score (nSPS) is 13.1. The Morgan fingerprint density at radius 1 is 0.800 bits per heavy atom. The van der Waals surface area contributed by atoms with Gasteiger partial charge in [-0.05, 0) is 24.3 Å². The first-order chi connectivity index (χ1) is 6.71. The maximum atomic E-state index is 10.4. The second-order valence-corrected chi connectivity index (χ2v) is 7.87. The van der Waals surface area contributed by atoms with Crippen LogP contribution in [-0.4, -0.2) is 43.4 Å². The molecule has 0 atom stereocenters. The maximum absolute atomic E-state index is 10.4. The summed E-state index contributed by atoms with van der Waals surface area (Å²) in [6.07, 6.45) is 0.590. The molecule has 0 aliphatic heterocycles. The summed E-state index contributed by atoms with van der Waals surface area (Å²) in [6.45, 7) is 0. The van der Waals surface area contributed by atoms with E-state index in [1.807, 2.05) is 0 Å². The summed E-state index contributed by atoms with van der Waals surface area (Å²) in [7, 11) is -7.77. The molecular weight excluding hydrogens is 262 g/mol. The fourth-order valence-electron chi connectivity index (χ4n) is 0.847. The zero-order valence-corrected chi connectivity index (χ0v) is 10.8. The van der Waals surface area contributed by atoms with Crippen LogP contribution < -0.4 is 0 Å². The first-order valence-electron chi connectivity index (χ1n) is 4.37. The van der Waals surface area contributed by atoms with Crippen molar-refractivity contribution in [3.05, 3.63) is 0 Å². The molecule has 0 bridgehead atoms. The highest BCUT2D eigenvalue weighted by atomic mass is 32.2. The second kappa shape index (κ2) is 7.07. The van der Waals surface area contributed by atoms with E-state index in [2.05, 4.69) is 0 Å². The number of hydrogen-bond acceptors (Lipinski definition) is 3. The molecule has 0 saturated carbocycles. The minimum absolute atomic E-state index is 0.126. The molecule has 0 saturated heterocycles. The fraction of sp³-hybridized carbons (Fsp3) is 1.00. The molecule has 9 heteroatoms. The Kier molecular flexibility index (Phi) is 7.38. The van der Waals surface area contributed by atoms with Crippen molar-refractivity contribution in [1.82, 2.24) is 0 Å². The van der Waals surface area contributed by atoms with E-state index in [0.29, 0.717) is 24.3 Å². The van der Waals surface area contributed by atoms with Crippen LogP contribution in [-0.2, 0) is 9.13 Å². The van der Waals surface area contributed by atoms with Crippen LogP contribution in [0.4, 0.5) is 0 Å². The highest BCUT2D eigenvalue weighted by molar-refractivity contribution is 7.99. The Hall–Kier alpha value is 0.650. The average molecular weight is 278 g/mol. The molecule has 0 rings (SSSR count). The molecule has 0 spiro atoms. The predicted molar refractivity (Wildman–Crippen MR) is 60.4 cm³/mol. The van der Waals surface area contributed by atoms with Crippen molar-refractivity contribution in [2.75, 3.05) is 23.8 Å². The quantitative estimate of drug-likeness (QED) is 0.384. The molecule has 0 radical (unpaired) electrons. The third kappa shape index (κ3) is 14.7. The predicted octanol–water partition coefficient (Wildman–Crippen LogP) is 0.855. The Morgan fingerprint density at radius 2 is 1.13 bits per heavy atom. The molecule has 0 unspecified atom stereocenters. The summed E-state index contributed by atoms with van der Waals surface area (Å²) in [6, 6.07) is 0. The molecule has 0 fully saturated rings. The minimum Gasteiger partial charge on any atom is -0.324 e. The molecular formula is C6H16O6P2S. The lowest BCUT2D eigenvalue weighted by atomic mass is 10.6. The van der Waals surface area contributed by atoms with E-state index >= 15 is 0 Å². The molecule has 15 heavy (non-hydrogen) atoms. The fourth-order valence-corrected chi connectivity index (χ4v) is 3.32. The van der Waals surface area contributed by atoms with Gasteiger partial charge in [-0.3, -0.25) is 9.13 Å². The maximum Gasteiger partial charge on any atom is 0.325 e. The van der Waals surface area contributed by atoms with Gasteiger partial charge in [-0.25, -0.2) is 0 Å². The monoisotopic (exact) mass is 278 g/mol. The van der Waals surface area contributed by atoms with Gasteiger partial charge in [0, 0.05) is 0 Å². The molecule has 0 aromatic rings. The average Bonchev–Trinajstić information content (AvgIpc) is 1.98. The summed E-state index contributed by atoms with van der Waals surface area (Å²) in [5, 5.41) is 0. The van der Waals surface area contributed by atoms with E-state index in [-0.39, 0.29) is 12.3 Å². The van der Waals surface area contributed by atoms with Crippen molar-refractivity contribution < 1.29 is 28.7 Å². The Morgan fingerprint density at radius 3 is 1.40 bits per heavy atom. The number of rotatable bonds is 8. The molecule has 0 aliphatic carbocycles. The SMILES string of the molecule is O=P(O)(O)CCCSCCCP(=O)(O)O. The van der Waals surface area contributed by atoms with Gasteiger partial charge in [0.2, 0.25) is 0 Å². The Bertz CT molecular complexity index is 232. The number of hydrogen-bond donors (Lipinski definition) is 4. The van der Waals surface area contributed by atoms with Crippen molar-refractivity contribution >= 4 is 27.0 Å². The van der Waals surface area contributed by atoms with E-state index in [1.165, 1.54) is 11.8 Å². The van der Waals surface area contributed by atoms with Gasteiger partial charge in [-0.1, -0.05) is 0 Å². The molecule has 4 N–H and O–H groups in total. The third-order valence-corrected chi connectivity index (χ3v) is 4.43. The van der Waals surface area contributed by atoms with Crippen LogP contribution in [0.3, 0.4) is 0 Å². The summed E-state index contributed by atoms with van der Waals surface area (Å²) < 4.78 is 20.9. The smallest absolute Gasteiger partial charge is 0.324 e. The van der Waals surface area contributed by atoms with E-state index in [4.69, 9.17) is 19.6 Å². The lowest BCUT2D eigenvalue weighted by molar-refractivity contribution is 0.370. The van der Waals surface area contributed by atoms with Crippen molar-refractivity contribution in [1.29, 1.82) is 0 Å². The topological polar surface area (TPSA) is 115 Å². The van der Waals surface area contributed by atoms with Gasteiger partial charge in [-0.2, -0.15) is 11.8 Å². The van der Waals surface area contributed by atoms with E-state index in [9.17, 15) is 9.13 Å². The first kappa shape index (κ1) is 15.7. The molecule has 92 valence electrons. The van der Waals surface area contributed by atoms with Gasteiger partial charge in [0.05, 0.1) is 12.3 Å². The van der Waals surface area contributed by atoms with Gasteiger partial charge in [-0.15, -0.1) is 0 Å². The van der Waals surface area contributed by atoms with Gasteiger partial charge in [0.15, 0.2) is 0 Å². The summed E-state index contributed by atoms with van der Waals surface area (Å²) in [5.41, 5.74) is 0. The molecule has 6 nitrogen and oxygen atoms in total. The summed E-state index contributed by atoms with van der Waals surface area (Å²) in [5.74, 6) is 1.21. The zero-order chi connectivity index (χ0) is 11.9. The van der Waals surface area contributed by atoms with Gasteiger partial charge < -0.3 is 19.6 Å². The van der Waals surface area contributed by atoms with Crippen LogP contribution in [0.5, 0.6) is 0 Å². The first-order valence-corrected chi connectivity index (χ1v) is 9.12. The summed E-state index contributed by atoms with van der Waals surface area (Å²) >= 11 is 1.45. The standard InChI is InChI=1S/C6H16O6P2S/c7-13(8,9)3-1-5-15-6-2-4-14(10,11)12/h1-6H2,(H2,7,8,9)(H2,10,11,12). The van der Waals surface area contributed by atoms with Crippen LogP contribution >= 0.6 is 27.0 Å². The van der Waals surface area contributed by atoms with Crippen LogP contribution in [0.1, 0.15) is 12.8 Å². The molecule has 0 heterocycles. The molecule has 0 aliphatic rings. The number of thioether (sulfide) groups is 1. The molecule has 0 aromatic heterocycles. The Labute approximate surface area is 92.8 Å². The van der Waals surface area contributed by atoms with Crippen LogP contribution in [0.15, 0.2) is 0 Å². The molecule has 0 aromatic carbocycles. The Balaban J connectivity index is 3.27. The minimum atomic E-state index is -3.89. The lowest BCUT2D eigenvalue weighted by Crippen LogP contribution is -1.93. The zero-order valence-electron chi connectivity index (χ0n) is 8.15. The second-order valence-electron chi connectivity index (χ2n) is 3.10.